The SMILES string of the molecule is CNC(Cc1ccsc1)c1cscc1C(F)(F)F. The molecule has 0 aromatic carbocycles. The molecule has 1 atom stereocenters. The zero-order chi connectivity index (χ0) is 13.2. The molecule has 0 aliphatic carbocycles. The summed E-state index contributed by atoms with van der Waals surface area (Å²) < 4.78 is 38.5. The van der Waals surface area contributed by atoms with Gasteiger partial charge in [-0.3, -0.25) is 0 Å². The van der Waals surface area contributed by atoms with Gasteiger partial charge < -0.3 is 5.32 Å². The largest absolute Gasteiger partial charge is 0.417 e. The van der Waals surface area contributed by atoms with Crippen molar-refractivity contribution in [1.29, 1.82) is 0 Å². The van der Waals surface area contributed by atoms with Gasteiger partial charge in [-0.25, -0.2) is 0 Å². The summed E-state index contributed by atoms with van der Waals surface area (Å²) in [4.78, 5) is 0. The topological polar surface area (TPSA) is 12.0 Å². The van der Waals surface area contributed by atoms with E-state index in [0.29, 0.717) is 12.0 Å². The number of rotatable bonds is 4. The normalized spacial score (nSPS) is 13.8. The first-order valence-electron chi connectivity index (χ1n) is 5.34. The summed E-state index contributed by atoms with van der Waals surface area (Å²) in [5.41, 5.74) is 0.863. The van der Waals surface area contributed by atoms with Crippen molar-refractivity contribution >= 4 is 22.7 Å². The fraction of sp³-hybridized carbons (Fsp3) is 0.333. The van der Waals surface area contributed by atoms with Gasteiger partial charge in [0.2, 0.25) is 0 Å². The average Bonchev–Trinajstić information content (AvgIpc) is 2.95. The van der Waals surface area contributed by atoms with Crippen LogP contribution in [0, 0.1) is 0 Å². The zero-order valence-corrected chi connectivity index (χ0v) is 11.3. The molecule has 1 nitrogen and oxygen atoms in total. The first-order valence-corrected chi connectivity index (χ1v) is 7.22. The highest BCUT2D eigenvalue weighted by Gasteiger charge is 2.35. The van der Waals surface area contributed by atoms with Gasteiger partial charge >= 0.3 is 6.18 Å². The van der Waals surface area contributed by atoms with E-state index >= 15 is 0 Å². The first kappa shape index (κ1) is 13.6. The Labute approximate surface area is 111 Å². The van der Waals surface area contributed by atoms with E-state index in [1.165, 1.54) is 5.38 Å². The van der Waals surface area contributed by atoms with Crippen molar-refractivity contribution in [2.45, 2.75) is 18.6 Å². The van der Waals surface area contributed by atoms with Gasteiger partial charge in [0.15, 0.2) is 0 Å². The molecule has 0 spiro atoms. The highest BCUT2D eigenvalue weighted by molar-refractivity contribution is 7.08. The molecule has 1 N–H and O–H groups in total. The van der Waals surface area contributed by atoms with Crippen LogP contribution < -0.4 is 5.32 Å². The van der Waals surface area contributed by atoms with Gasteiger partial charge in [0.1, 0.15) is 0 Å². The summed E-state index contributed by atoms with van der Waals surface area (Å²) in [6.07, 6.45) is -3.71. The Bertz CT molecular complexity index is 488. The number of hydrogen-bond acceptors (Lipinski definition) is 3. The van der Waals surface area contributed by atoms with Crippen LogP contribution in [0.1, 0.15) is 22.7 Å². The van der Waals surface area contributed by atoms with E-state index in [0.717, 1.165) is 16.9 Å². The molecular weight excluding hydrogens is 279 g/mol. The lowest BCUT2D eigenvalue weighted by molar-refractivity contribution is -0.138. The predicted octanol–water partition coefficient (Wildman–Crippen LogP) is 4.33. The third-order valence-corrected chi connectivity index (χ3v) is 4.23. The fourth-order valence-electron chi connectivity index (χ4n) is 1.82. The standard InChI is InChI=1S/C12H12F3NS2/c1-16-11(4-8-2-3-17-5-8)9-6-18-7-10(9)12(13,14)15/h2-3,5-7,11,16H,4H2,1H3. The molecule has 18 heavy (non-hydrogen) atoms. The number of halogens is 3. The van der Waals surface area contributed by atoms with Crippen LogP contribution in [0.4, 0.5) is 13.2 Å². The van der Waals surface area contributed by atoms with Gasteiger partial charge in [0.05, 0.1) is 5.56 Å². The number of likely N-dealkylation sites (N-methyl/N-ethyl adjacent to an activating group) is 1. The van der Waals surface area contributed by atoms with Gasteiger partial charge in [-0.05, 0) is 46.8 Å². The molecule has 0 bridgehead atoms. The van der Waals surface area contributed by atoms with E-state index in [1.807, 2.05) is 16.8 Å². The van der Waals surface area contributed by atoms with Gasteiger partial charge in [0.25, 0.3) is 0 Å². The van der Waals surface area contributed by atoms with Crippen molar-refractivity contribution in [2.75, 3.05) is 7.05 Å². The van der Waals surface area contributed by atoms with E-state index in [9.17, 15) is 13.2 Å². The Hall–Kier alpha value is -0.850. The predicted molar refractivity (Wildman–Crippen MR) is 69.1 cm³/mol. The molecule has 0 aliphatic rings. The molecule has 0 radical (unpaired) electrons. The van der Waals surface area contributed by atoms with Crippen molar-refractivity contribution in [3.8, 4) is 0 Å². The number of nitrogens with one attached hydrogen (secondary N) is 1. The molecular formula is C12H12F3NS2. The van der Waals surface area contributed by atoms with Gasteiger partial charge in [-0.1, -0.05) is 0 Å². The second-order valence-corrected chi connectivity index (χ2v) is 5.44. The summed E-state index contributed by atoms with van der Waals surface area (Å²) in [7, 11) is 1.69. The molecule has 98 valence electrons. The fourth-order valence-corrected chi connectivity index (χ4v) is 3.41. The minimum Gasteiger partial charge on any atom is -0.313 e. The van der Waals surface area contributed by atoms with Gasteiger partial charge in [-0.2, -0.15) is 35.8 Å². The minimum absolute atomic E-state index is 0.303. The molecule has 6 heteroatoms. The van der Waals surface area contributed by atoms with Crippen LogP contribution in [0.25, 0.3) is 0 Å². The molecule has 2 rings (SSSR count). The lowest BCUT2D eigenvalue weighted by atomic mass is 9.99. The van der Waals surface area contributed by atoms with Crippen LogP contribution in [-0.4, -0.2) is 7.05 Å². The summed E-state index contributed by atoms with van der Waals surface area (Å²) in [6.45, 7) is 0. The number of thiophene rings is 2. The Balaban J connectivity index is 2.25. The second-order valence-electron chi connectivity index (χ2n) is 3.92. The van der Waals surface area contributed by atoms with Crippen molar-refractivity contribution in [3.63, 3.8) is 0 Å². The maximum atomic E-state index is 12.8. The molecule has 1 unspecified atom stereocenters. The Morgan fingerprint density at radius 2 is 2.00 bits per heavy atom. The molecule has 2 aromatic heterocycles. The minimum atomic E-state index is -4.28. The van der Waals surface area contributed by atoms with E-state index in [-0.39, 0.29) is 6.04 Å². The Morgan fingerprint density at radius 3 is 2.56 bits per heavy atom. The Kier molecular flexibility index (Phi) is 4.09. The zero-order valence-electron chi connectivity index (χ0n) is 9.62. The van der Waals surface area contributed by atoms with Crippen LogP contribution in [0.3, 0.4) is 0 Å². The molecule has 0 fully saturated rings. The highest BCUT2D eigenvalue weighted by atomic mass is 32.1. The number of alkyl halides is 3. The summed E-state index contributed by atoms with van der Waals surface area (Å²) in [5, 5.41) is 9.61. The van der Waals surface area contributed by atoms with Crippen LogP contribution in [0.15, 0.2) is 27.6 Å². The van der Waals surface area contributed by atoms with E-state index in [1.54, 1.807) is 23.8 Å². The first-order chi connectivity index (χ1) is 8.52. The van der Waals surface area contributed by atoms with Crippen LogP contribution in [-0.2, 0) is 12.6 Å². The van der Waals surface area contributed by atoms with Crippen molar-refractivity contribution in [3.05, 3.63) is 44.3 Å². The van der Waals surface area contributed by atoms with E-state index in [4.69, 9.17) is 0 Å². The quantitative estimate of drug-likeness (QED) is 0.884. The van der Waals surface area contributed by atoms with Crippen molar-refractivity contribution < 1.29 is 13.2 Å². The molecule has 2 aromatic rings. The van der Waals surface area contributed by atoms with Crippen LogP contribution >= 0.6 is 22.7 Å². The highest BCUT2D eigenvalue weighted by Crippen LogP contribution is 2.37. The van der Waals surface area contributed by atoms with E-state index in [2.05, 4.69) is 5.32 Å². The maximum absolute atomic E-state index is 12.8. The maximum Gasteiger partial charge on any atom is 0.417 e. The molecule has 0 amide bonds. The second kappa shape index (κ2) is 5.42. The van der Waals surface area contributed by atoms with Crippen LogP contribution in [0.5, 0.6) is 0 Å². The van der Waals surface area contributed by atoms with Crippen molar-refractivity contribution in [2.24, 2.45) is 0 Å². The lowest BCUT2D eigenvalue weighted by Gasteiger charge is -2.18. The van der Waals surface area contributed by atoms with E-state index < -0.39 is 11.7 Å². The average molecular weight is 291 g/mol. The Morgan fingerprint density at radius 1 is 1.22 bits per heavy atom. The van der Waals surface area contributed by atoms with Crippen molar-refractivity contribution in [1.82, 2.24) is 5.32 Å². The third kappa shape index (κ3) is 2.93. The monoisotopic (exact) mass is 291 g/mol. The van der Waals surface area contributed by atoms with Gasteiger partial charge in [0, 0.05) is 11.4 Å². The molecule has 2 heterocycles. The van der Waals surface area contributed by atoms with Gasteiger partial charge in [-0.15, -0.1) is 0 Å². The summed E-state index contributed by atoms with van der Waals surface area (Å²) in [6, 6.07) is 1.64. The molecule has 0 saturated carbocycles. The molecule has 0 saturated heterocycles. The third-order valence-electron chi connectivity index (χ3n) is 2.74. The summed E-state index contributed by atoms with van der Waals surface area (Å²) >= 11 is 2.64. The molecule has 0 aliphatic heterocycles. The smallest absolute Gasteiger partial charge is 0.313 e. The summed E-state index contributed by atoms with van der Waals surface area (Å²) in [5.74, 6) is 0. The lowest BCUT2D eigenvalue weighted by Crippen LogP contribution is -2.21. The number of hydrogen-bond donors (Lipinski definition) is 1. The van der Waals surface area contributed by atoms with Crippen LogP contribution in [0.2, 0.25) is 0 Å².